The van der Waals surface area contributed by atoms with Gasteiger partial charge in [0.1, 0.15) is 11.4 Å². The van der Waals surface area contributed by atoms with Crippen molar-refractivity contribution >= 4 is 27.5 Å². The monoisotopic (exact) mass is 376 g/mol. The summed E-state index contributed by atoms with van der Waals surface area (Å²) in [5, 5.41) is 0.705. The minimum Gasteiger partial charge on any atom is -0.461 e. The zero-order valence-electron chi connectivity index (χ0n) is 16.3. The van der Waals surface area contributed by atoms with Gasteiger partial charge in [-0.1, -0.05) is 27.7 Å². The third kappa shape index (κ3) is 3.70. The molecule has 0 aromatic carbocycles. The molecule has 0 radical (unpaired) electrons. The van der Waals surface area contributed by atoms with Gasteiger partial charge in [0.05, 0.1) is 17.8 Å². The van der Waals surface area contributed by atoms with Gasteiger partial charge in [0.2, 0.25) is 0 Å². The summed E-state index contributed by atoms with van der Waals surface area (Å²) in [6.07, 6.45) is 5.10. The van der Waals surface area contributed by atoms with Crippen LogP contribution in [0.5, 0.6) is 0 Å². The molecule has 2 heterocycles. The summed E-state index contributed by atoms with van der Waals surface area (Å²) >= 11 is 1.63. The van der Waals surface area contributed by atoms with E-state index in [-0.39, 0.29) is 29.6 Å². The summed E-state index contributed by atoms with van der Waals surface area (Å²) in [5.41, 5.74) is 1.29. The molecule has 142 valence electrons. The summed E-state index contributed by atoms with van der Waals surface area (Å²) in [4.78, 5) is 31.5. The van der Waals surface area contributed by atoms with Crippen molar-refractivity contribution in [3.05, 3.63) is 27.1 Å². The first-order valence-electron chi connectivity index (χ1n) is 9.39. The van der Waals surface area contributed by atoms with E-state index in [1.165, 1.54) is 15.8 Å². The molecule has 0 fully saturated rings. The van der Waals surface area contributed by atoms with E-state index in [0.717, 1.165) is 36.1 Å². The Morgan fingerprint density at radius 1 is 1.46 bits per heavy atom. The standard InChI is InChI=1S/C20H28N2O3S/c1-6-12(2)25-16(23)10-22-11-21-18-17(19(22)24)14-8-7-13(20(3,4)5)9-15(14)26-18/h11-13H,6-10H2,1-5H3/t12-,13-/m1/s1. The third-order valence-corrected chi connectivity index (χ3v) is 6.63. The number of rotatable bonds is 4. The van der Waals surface area contributed by atoms with Crippen molar-refractivity contribution < 1.29 is 9.53 Å². The molecule has 2 aromatic heterocycles. The van der Waals surface area contributed by atoms with Gasteiger partial charge in [0.25, 0.3) is 5.56 Å². The van der Waals surface area contributed by atoms with Gasteiger partial charge in [-0.15, -0.1) is 11.3 Å². The van der Waals surface area contributed by atoms with Crippen molar-refractivity contribution in [3.8, 4) is 0 Å². The van der Waals surface area contributed by atoms with Gasteiger partial charge in [-0.05, 0) is 49.5 Å². The summed E-state index contributed by atoms with van der Waals surface area (Å²) in [5.74, 6) is 0.232. The molecule has 1 aliphatic rings. The van der Waals surface area contributed by atoms with E-state index in [4.69, 9.17) is 4.74 Å². The lowest BCUT2D eigenvalue weighted by molar-refractivity contribution is -0.149. The molecule has 0 amide bonds. The van der Waals surface area contributed by atoms with E-state index in [2.05, 4.69) is 25.8 Å². The van der Waals surface area contributed by atoms with Crippen LogP contribution < -0.4 is 5.56 Å². The number of thiophene rings is 1. The van der Waals surface area contributed by atoms with Crippen LogP contribution in [0.1, 0.15) is 57.9 Å². The lowest BCUT2D eigenvalue weighted by atomic mass is 9.72. The zero-order chi connectivity index (χ0) is 19.1. The largest absolute Gasteiger partial charge is 0.461 e. The number of carbonyl (C=O) groups excluding carboxylic acids is 1. The fraction of sp³-hybridized carbons (Fsp3) is 0.650. The minimum absolute atomic E-state index is 0.0820. The second-order valence-corrected chi connectivity index (χ2v) is 9.46. The number of fused-ring (bicyclic) bond motifs is 3. The summed E-state index contributed by atoms with van der Waals surface area (Å²) < 4.78 is 6.68. The predicted octanol–water partition coefficient (Wildman–Crippen LogP) is 3.95. The number of aryl methyl sites for hydroxylation is 1. The quantitative estimate of drug-likeness (QED) is 0.758. The normalized spacial score (nSPS) is 18.6. The van der Waals surface area contributed by atoms with Crippen LogP contribution in [0.25, 0.3) is 10.2 Å². The maximum Gasteiger partial charge on any atom is 0.326 e. The molecule has 0 unspecified atom stereocenters. The van der Waals surface area contributed by atoms with Crippen LogP contribution >= 0.6 is 11.3 Å². The molecule has 0 saturated heterocycles. The van der Waals surface area contributed by atoms with E-state index in [1.807, 2.05) is 13.8 Å². The van der Waals surface area contributed by atoms with Gasteiger partial charge in [0.15, 0.2) is 0 Å². The number of aromatic nitrogens is 2. The van der Waals surface area contributed by atoms with Gasteiger partial charge in [-0.25, -0.2) is 4.98 Å². The van der Waals surface area contributed by atoms with Gasteiger partial charge in [-0.3, -0.25) is 14.2 Å². The van der Waals surface area contributed by atoms with Crippen molar-refractivity contribution in [3.63, 3.8) is 0 Å². The highest BCUT2D eigenvalue weighted by Crippen LogP contribution is 2.41. The molecule has 0 spiro atoms. The van der Waals surface area contributed by atoms with Crippen LogP contribution in [0, 0.1) is 11.3 Å². The Bertz CT molecular complexity index is 876. The summed E-state index contributed by atoms with van der Waals surface area (Å²) in [7, 11) is 0. The molecule has 3 rings (SSSR count). The van der Waals surface area contributed by atoms with Crippen LogP contribution in [0.4, 0.5) is 0 Å². The highest BCUT2D eigenvalue weighted by atomic mass is 32.1. The lowest BCUT2D eigenvalue weighted by Gasteiger charge is -2.33. The molecular weight excluding hydrogens is 348 g/mol. The van der Waals surface area contributed by atoms with E-state index in [1.54, 1.807) is 11.3 Å². The molecule has 26 heavy (non-hydrogen) atoms. The molecular formula is C20H28N2O3S. The number of esters is 1. The van der Waals surface area contributed by atoms with Crippen molar-refractivity contribution in [2.75, 3.05) is 0 Å². The highest BCUT2D eigenvalue weighted by molar-refractivity contribution is 7.18. The van der Waals surface area contributed by atoms with Gasteiger partial charge in [-0.2, -0.15) is 0 Å². The Labute approximate surface area is 158 Å². The average molecular weight is 377 g/mol. The number of nitrogens with zero attached hydrogens (tertiary/aromatic N) is 2. The fourth-order valence-electron chi connectivity index (χ4n) is 3.54. The average Bonchev–Trinajstić information content (AvgIpc) is 2.94. The minimum atomic E-state index is -0.389. The molecule has 5 nitrogen and oxygen atoms in total. The molecule has 2 atom stereocenters. The SMILES string of the molecule is CC[C@@H](C)OC(=O)Cn1cnc2sc3c(c2c1=O)CC[C@@H](C(C)(C)C)C3. The molecule has 1 aliphatic carbocycles. The summed E-state index contributed by atoms with van der Waals surface area (Å²) in [6.45, 7) is 10.6. The molecule has 0 bridgehead atoms. The van der Waals surface area contributed by atoms with Crippen LogP contribution in [0.2, 0.25) is 0 Å². The lowest BCUT2D eigenvalue weighted by Crippen LogP contribution is -2.28. The van der Waals surface area contributed by atoms with Gasteiger partial charge < -0.3 is 4.74 Å². The smallest absolute Gasteiger partial charge is 0.326 e. The van der Waals surface area contributed by atoms with Gasteiger partial charge >= 0.3 is 5.97 Å². The van der Waals surface area contributed by atoms with Crippen LogP contribution in [-0.4, -0.2) is 21.6 Å². The zero-order valence-corrected chi connectivity index (χ0v) is 17.1. The molecule has 0 N–H and O–H groups in total. The predicted molar refractivity (Wildman–Crippen MR) is 105 cm³/mol. The summed E-state index contributed by atoms with van der Waals surface area (Å²) in [6, 6.07) is 0. The van der Waals surface area contributed by atoms with Crippen LogP contribution in [0.3, 0.4) is 0 Å². The van der Waals surface area contributed by atoms with Gasteiger partial charge in [0, 0.05) is 4.88 Å². The second kappa shape index (κ2) is 7.14. The van der Waals surface area contributed by atoms with Crippen molar-refractivity contribution in [1.29, 1.82) is 0 Å². The number of hydrogen-bond donors (Lipinski definition) is 0. The Balaban J connectivity index is 1.91. The number of carbonyl (C=O) groups is 1. The van der Waals surface area contributed by atoms with E-state index in [9.17, 15) is 9.59 Å². The maximum atomic E-state index is 13.0. The maximum absolute atomic E-state index is 13.0. The highest BCUT2D eigenvalue weighted by Gasteiger charge is 2.31. The Morgan fingerprint density at radius 2 is 2.19 bits per heavy atom. The first kappa shape index (κ1) is 19.1. The Morgan fingerprint density at radius 3 is 2.85 bits per heavy atom. The number of ether oxygens (including phenoxy) is 1. The third-order valence-electron chi connectivity index (χ3n) is 5.47. The van der Waals surface area contributed by atoms with Crippen LogP contribution in [-0.2, 0) is 28.9 Å². The van der Waals surface area contributed by atoms with Crippen molar-refractivity contribution in [2.45, 2.75) is 73.0 Å². The molecule has 0 aliphatic heterocycles. The molecule has 2 aromatic rings. The topological polar surface area (TPSA) is 61.2 Å². The number of hydrogen-bond acceptors (Lipinski definition) is 5. The van der Waals surface area contributed by atoms with E-state index in [0.29, 0.717) is 11.3 Å². The Kier molecular flexibility index (Phi) is 5.24. The van der Waals surface area contributed by atoms with Crippen molar-refractivity contribution in [2.24, 2.45) is 11.3 Å². The fourth-order valence-corrected chi connectivity index (χ4v) is 4.79. The van der Waals surface area contributed by atoms with E-state index >= 15 is 0 Å². The Hall–Kier alpha value is -1.69. The van der Waals surface area contributed by atoms with Crippen molar-refractivity contribution in [1.82, 2.24) is 9.55 Å². The molecule has 0 saturated carbocycles. The second-order valence-electron chi connectivity index (χ2n) is 8.38. The first-order chi connectivity index (χ1) is 12.2. The van der Waals surface area contributed by atoms with E-state index < -0.39 is 0 Å². The van der Waals surface area contributed by atoms with Crippen LogP contribution in [0.15, 0.2) is 11.1 Å². The molecule has 6 heteroatoms. The first-order valence-corrected chi connectivity index (χ1v) is 10.2.